The largest absolute Gasteiger partial charge is 0.480 e. The van der Waals surface area contributed by atoms with Crippen molar-refractivity contribution in [2.24, 2.45) is 0 Å². The predicted molar refractivity (Wildman–Crippen MR) is 61.8 cm³/mol. The van der Waals surface area contributed by atoms with Crippen molar-refractivity contribution in [1.82, 2.24) is 0 Å². The van der Waals surface area contributed by atoms with Gasteiger partial charge in [0.05, 0.1) is 0 Å². The van der Waals surface area contributed by atoms with Crippen molar-refractivity contribution in [2.75, 3.05) is 0 Å². The van der Waals surface area contributed by atoms with E-state index < -0.39 is 5.97 Å². The van der Waals surface area contributed by atoms with Crippen LogP contribution in [0.25, 0.3) is 0 Å². The minimum atomic E-state index is -0.795. The molecule has 0 rings (SSSR count). The Balaban J connectivity index is 0. The molecule has 0 aromatic rings. The summed E-state index contributed by atoms with van der Waals surface area (Å²) in [7, 11) is 2.39. The van der Waals surface area contributed by atoms with Gasteiger partial charge in [0.15, 0.2) is 0 Å². The molecule has 0 bridgehead atoms. The van der Waals surface area contributed by atoms with E-state index in [-0.39, 0.29) is 5.25 Å². The van der Waals surface area contributed by atoms with Crippen molar-refractivity contribution in [2.45, 2.75) is 38.9 Å². The second kappa shape index (κ2) is 11.5. The van der Waals surface area contributed by atoms with Crippen LogP contribution in [-0.2, 0) is 4.79 Å². The molecule has 0 aliphatic carbocycles. The molecule has 0 spiro atoms. The van der Waals surface area contributed by atoms with Crippen LogP contribution in [0.4, 0.5) is 0 Å². The van der Waals surface area contributed by atoms with Crippen LogP contribution in [0.5, 0.6) is 0 Å². The number of aliphatic carboxylic acids is 1. The first-order valence-corrected chi connectivity index (χ1v) is 7.06. The smallest absolute Gasteiger partial charge is 0.317 e. The number of rotatable bonds is 4. The molecule has 0 fully saturated rings. The summed E-state index contributed by atoms with van der Waals surface area (Å²) in [5.74, 6) is -0.795. The summed E-state index contributed by atoms with van der Waals surface area (Å²) in [6, 6.07) is 0. The molecular weight excluding hydrogens is 212 g/mol. The third-order valence-corrected chi connectivity index (χ3v) is 3.51. The summed E-state index contributed by atoms with van der Waals surface area (Å²) in [5, 5.41) is 7.88. The van der Waals surface area contributed by atoms with Crippen LogP contribution in [0.3, 0.4) is 0 Å². The van der Waals surface area contributed by atoms with Crippen LogP contribution in [0, 0.1) is 0 Å². The Morgan fingerprint density at radius 3 is 2.00 bits per heavy atom. The average Bonchev–Trinajstić information content (AvgIpc) is 2.05. The Morgan fingerprint density at radius 2 is 1.92 bits per heavy atom. The average molecular weight is 228 g/mol. The van der Waals surface area contributed by atoms with Crippen molar-refractivity contribution in [1.29, 1.82) is 0 Å². The van der Waals surface area contributed by atoms with Gasteiger partial charge in [0, 0.05) is 0 Å². The van der Waals surface area contributed by atoms with E-state index in [2.05, 4.69) is 25.5 Å². The van der Waals surface area contributed by atoms with Gasteiger partial charge >= 0.3 is 5.97 Å². The zero-order valence-electron chi connectivity index (χ0n) is 7.61. The van der Waals surface area contributed by atoms with Crippen molar-refractivity contribution < 1.29 is 9.90 Å². The first-order chi connectivity index (χ1) is 5.59. The molecule has 12 heavy (non-hydrogen) atoms. The van der Waals surface area contributed by atoms with Gasteiger partial charge in [-0.2, -0.15) is 0 Å². The summed E-state index contributed by atoms with van der Waals surface area (Å²) >= 11 is 3.77. The van der Waals surface area contributed by atoms with Gasteiger partial charge in [-0.25, -0.2) is 0 Å². The number of hydrogen-bond acceptors (Lipinski definition) is 4. The molecule has 0 aliphatic heterocycles. The van der Waals surface area contributed by atoms with E-state index in [1.54, 1.807) is 6.92 Å². The Hall–Kier alpha value is 0.520. The maximum absolute atomic E-state index is 10.0. The number of thiol groups is 1. The van der Waals surface area contributed by atoms with E-state index in [0.717, 1.165) is 0 Å². The lowest BCUT2D eigenvalue weighted by Gasteiger charge is -1.98. The number of carboxylic acids is 1. The molecule has 2 nitrogen and oxygen atoms in total. The molecule has 0 saturated heterocycles. The summed E-state index contributed by atoms with van der Waals surface area (Å²) in [6.07, 6.45) is 2.64. The van der Waals surface area contributed by atoms with Crippen LogP contribution in [0.15, 0.2) is 0 Å². The molecular formula is C7H16O2S3. The molecule has 0 heterocycles. The Bertz CT molecular complexity index is 107. The van der Waals surface area contributed by atoms with E-state index in [4.69, 9.17) is 5.11 Å². The van der Waals surface area contributed by atoms with E-state index in [9.17, 15) is 4.79 Å². The highest BCUT2D eigenvalue weighted by Crippen LogP contribution is 2.29. The first-order valence-electron chi connectivity index (χ1n) is 3.79. The topological polar surface area (TPSA) is 37.3 Å². The van der Waals surface area contributed by atoms with Crippen LogP contribution in [-0.4, -0.2) is 16.3 Å². The second-order valence-electron chi connectivity index (χ2n) is 2.15. The lowest BCUT2D eigenvalue weighted by atomic mass is 10.4. The van der Waals surface area contributed by atoms with Gasteiger partial charge in [-0.1, -0.05) is 49.1 Å². The van der Waals surface area contributed by atoms with Gasteiger partial charge in [0.2, 0.25) is 0 Å². The van der Waals surface area contributed by atoms with Crippen LogP contribution in [0.1, 0.15) is 33.6 Å². The van der Waals surface area contributed by atoms with Crippen LogP contribution >= 0.6 is 32.3 Å². The molecule has 0 aromatic heterocycles. The number of unbranched alkanes of at least 4 members (excludes halogenated alkanes) is 1. The highest BCUT2D eigenvalue weighted by molar-refractivity contribution is 9.05. The SMILES string of the molecule is CC(SSS)C(=O)O.CCCC. The van der Waals surface area contributed by atoms with Crippen molar-refractivity contribution >= 4 is 38.2 Å². The predicted octanol–water partition coefficient (Wildman–Crippen LogP) is 3.49. The summed E-state index contributed by atoms with van der Waals surface area (Å²) in [4.78, 5) is 10.0. The molecule has 0 aromatic carbocycles. The van der Waals surface area contributed by atoms with E-state index >= 15 is 0 Å². The first kappa shape index (κ1) is 15.0. The highest BCUT2D eigenvalue weighted by Gasteiger charge is 2.09. The maximum Gasteiger partial charge on any atom is 0.317 e. The third kappa shape index (κ3) is 13.1. The van der Waals surface area contributed by atoms with Gasteiger partial charge in [0.1, 0.15) is 5.25 Å². The monoisotopic (exact) mass is 228 g/mol. The zero-order valence-corrected chi connectivity index (χ0v) is 10.1. The summed E-state index contributed by atoms with van der Waals surface area (Å²) in [5.41, 5.74) is 0. The molecule has 74 valence electrons. The molecule has 0 radical (unpaired) electrons. The Kier molecular flexibility index (Phi) is 14.4. The zero-order chi connectivity index (χ0) is 9.98. The van der Waals surface area contributed by atoms with Crippen LogP contribution < -0.4 is 0 Å². The van der Waals surface area contributed by atoms with Gasteiger partial charge in [-0.3, -0.25) is 4.79 Å². The van der Waals surface area contributed by atoms with Crippen molar-refractivity contribution in [3.8, 4) is 0 Å². The second-order valence-corrected chi connectivity index (χ2v) is 5.57. The molecule has 1 atom stereocenters. The molecule has 0 saturated carbocycles. The summed E-state index contributed by atoms with van der Waals surface area (Å²) in [6.45, 7) is 5.98. The van der Waals surface area contributed by atoms with E-state index in [1.807, 2.05) is 0 Å². The van der Waals surface area contributed by atoms with Gasteiger partial charge in [0.25, 0.3) is 0 Å². The van der Waals surface area contributed by atoms with E-state index in [1.165, 1.54) is 33.5 Å². The fraction of sp³-hybridized carbons (Fsp3) is 0.857. The summed E-state index contributed by atoms with van der Waals surface area (Å²) < 4.78 is 0. The molecule has 1 unspecified atom stereocenters. The molecule has 0 aliphatic rings. The van der Waals surface area contributed by atoms with Crippen molar-refractivity contribution in [3.63, 3.8) is 0 Å². The normalized spacial score (nSPS) is 11.3. The van der Waals surface area contributed by atoms with Gasteiger partial charge in [-0.05, 0) is 16.7 Å². The highest BCUT2D eigenvalue weighted by atomic mass is 33.5. The number of hydrogen-bond donors (Lipinski definition) is 2. The minimum Gasteiger partial charge on any atom is -0.480 e. The molecule has 1 N–H and O–H groups in total. The third-order valence-electron chi connectivity index (χ3n) is 1.04. The maximum atomic E-state index is 10.0. The Labute approximate surface area is 87.1 Å². The standard InChI is InChI=1S/C4H10.C3H6O2S3/c1-3-4-2;1-2(3(4)5)7-8-6/h3-4H2,1-2H3;2,6H,1H3,(H,4,5). The fourth-order valence-corrected chi connectivity index (χ4v) is 2.11. The van der Waals surface area contributed by atoms with E-state index in [0.29, 0.717) is 0 Å². The Morgan fingerprint density at radius 1 is 1.50 bits per heavy atom. The quantitative estimate of drug-likeness (QED) is 0.570. The van der Waals surface area contributed by atoms with Gasteiger partial charge in [-0.15, -0.1) is 0 Å². The molecule has 5 heteroatoms. The van der Waals surface area contributed by atoms with Gasteiger partial charge < -0.3 is 5.11 Å². The fourth-order valence-electron chi connectivity index (χ4n) is 0.106. The lowest BCUT2D eigenvalue weighted by molar-refractivity contribution is -0.136. The minimum absolute atomic E-state index is 0.363. The number of carboxylic acid groups (broad SMARTS) is 1. The molecule has 0 amide bonds. The van der Waals surface area contributed by atoms with Crippen LogP contribution in [0.2, 0.25) is 0 Å². The lowest BCUT2D eigenvalue weighted by Crippen LogP contribution is -2.09. The van der Waals surface area contributed by atoms with Crippen molar-refractivity contribution in [3.05, 3.63) is 0 Å². The number of carbonyl (C=O) groups is 1.